The van der Waals surface area contributed by atoms with Crippen molar-refractivity contribution in [1.29, 1.82) is 0 Å². The summed E-state index contributed by atoms with van der Waals surface area (Å²) >= 11 is 0. The summed E-state index contributed by atoms with van der Waals surface area (Å²) in [4.78, 5) is 12.3. The second kappa shape index (κ2) is 5.31. The topological polar surface area (TPSA) is 100.0 Å². The maximum atomic E-state index is 6.14. The van der Waals surface area contributed by atoms with Gasteiger partial charge < -0.3 is 15.0 Å². The molecule has 7 heteroatoms. The molecule has 19 heavy (non-hydrogen) atoms. The summed E-state index contributed by atoms with van der Waals surface area (Å²) in [5.74, 6) is 1.23. The molecule has 0 fully saturated rings. The van der Waals surface area contributed by atoms with Gasteiger partial charge in [-0.15, -0.1) is 0 Å². The Morgan fingerprint density at radius 3 is 2.89 bits per heavy atom. The first-order chi connectivity index (χ1) is 9.06. The third-order valence-electron chi connectivity index (χ3n) is 2.76. The van der Waals surface area contributed by atoms with Gasteiger partial charge in [-0.25, -0.2) is 9.97 Å². The predicted octanol–water partition coefficient (Wildman–Crippen LogP) is 1.51. The molecular formula is C12H17N5O2. The van der Waals surface area contributed by atoms with Crippen LogP contribution in [0.3, 0.4) is 0 Å². The molecule has 2 aromatic rings. The molecule has 1 atom stereocenters. The van der Waals surface area contributed by atoms with Crippen molar-refractivity contribution in [1.82, 2.24) is 20.1 Å². The zero-order chi connectivity index (χ0) is 13.9. The molecule has 0 aliphatic carbocycles. The summed E-state index contributed by atoms with van der Waals surface area (Å²) in [7, 11) is 1.53. The lowest BCUT2D eigenvalue weighted by atomic mass is 9.98. The third kappa shape index (κ3) is 2.87. The molecule has 0 amide bonds. The lowest BCUT2D eigenvalue weighted by Crippen LogP contribution is -2.33. The molecule has 2 aromatic heterocycles. The Bertz CT molecular complexity index is 553. The minimum Gasteiger partial charge on any atom is -0.481 e. The van der Waals surface area contributed by atoms with E-state index in [1.807, 2.05) is 6.92 Å². The highest BCUT2D eigenvalue weighted by Crippen LogP contribution is 2.24. The van der Waals surface area contributed by atoms with Crippen LogP contribution in [0.25, 0.3) is 11.5 Å². The minimum absolute atomic E-state index is 0.378. The van der Waals surface area contributed by atoms with Crippen molar-refractivity contribution < 1.29 is 9.26 Å². The van der Waals surface area contributed by atoms with E-state index < -0.39 is 5.54 Å². The number of hydrogen-bond acceptors (Lipinski definition) is 7. The van der Waals surface area contributed by atoms with Gasteiger partial charge in [0.2, 0.25) is 17.6 Å². The normalized spacial score (nSPS) is 14.1. The summed E-state index contributed by atoms with van der Waals surface area (Å²) in [6.45, 7) is 3.92. The van der Waals surface area contributed by atoms with Crippen molar-refractivity contribution in [2.24, 2.45) is 5.73 Å². The number of methoxy groups -OCH3 is 1. The van der Waals surface area contributed by atoms with Crippen LogP contribution >= 0.6 is 0 Å². The second-order valence-electron chi connectivity index (χ2n) is 4.54. The van der Waals surface area contributed by atoms with Gasteiger partial charge in [-0.05, 0) is 13.3 Å². The van der Waals surface area contributed by atoms with E-state index >= 15 is 0 Å². The first kappa shape index (κ1) is 13.4. The number of ether oxygens (including phenoxy) is 1. The van der Waals surface area contributed by atoms with Crippen LogP contribution in [0.5, 0.6) is 5.88 Å². The summed E-state index contributed by atoms with van der Waals surface area (Å²) < 4.78 is 10.2. The van der Waals surface area contributed by atoms with E-state index in [0.717, 1.165) is 12.8 Å². The Kier molecular flexibility index (Phi) is 3.75. The van der Waals surface area contributed by atoms with Crippen LogP contribution in [0.15, 0.2) is 16.9 Å². The largest absolute Gasteiger partial charge is 0.481 e. The number of nitrogens with two attached hydrogens (primary N) is 1. The molecule has 0 bridgehead atoms. The zero-order valence-corrected chi connectivity index (χ0v) is 11.3. The summed E-state index contributed by atoms with van der Waals surface area (Å²) in [6.07, 6.45) is 3.09. The fraction of sp³-hybridized carbons (Fsp3) is 0.500. The molecule has 0 spiro atoms. The van der Waals surface area contributed by atoms with Crippen molar-refractivity contribution in [3.05, 3.63) is 18.3 Å². The summed E-state index contributed by atoms with van der Waals surface area (Å²) in [5.41, 5.74) is 6.05. The van der Waals surface area contributed by atoms with Crippen molar-refractivity contribution in [3.63, 3.8) is 0 Å². The van der Waals surface area contributed by atoms with Crippen LogP contribution in [0, 0.1) is 0 Å². The molecule has 0 aliphatic rings. The van der Waals surface area contributed by atoms with E-state index in [-0.39, 0.29) is 0 Å². The van der Waals surface area contributed by atoms with E-state index in [2.05, 4.69) is 27.0 Å². The average molecular weight is 263 g/mol. The van der Waals surface area contributed by atoms with Gasteiger partial charge in [-0.1, -0.05) is 18.5 Å². The van der Waals surface area contributed by atoms with Gasteiger partial charge in [0.15, 0.2) is 0 Å². The summed E-state index contributed by atoms with van der Waals surface area (Å²) in [5, 5.41) is 3.90. The van der Waals surface area contributed by atoms with Crippen LogP contribution in [0.4, 0.5) is 0 Å². The zero-order valence-electron chi connectivity index (χ0n) is 11.3. The molecule has 0 aliphatic heterocycles. The van der Waals surface area contributed by atoms with Crippen LogP contribution < -0.4 is 10.5 Å². The van der Waals surface area contributed by atoms with Gasteiger partial charge >= 0.3 is 0 Å². The standard InChI is InChI=1S/C12H17N5O2/c1-4-5-12(2,13)11-16-10(17-19-11)8-6-9(18-3)15-7-14-8/h6-7H,4-5,13H2,1-3H3. The molecule has 1 unspecified atom stereocenters. The summed E-state index contributed by atoms with van der Waals surface area (Å²) in [6, 6.07) is 1.64. The van der Waals surface area contributed by atoms with E-state index in [1.54, 1.807) is 6.07 Å². The Morgan fingerprint density at radius 1 is 1.42 bits per heavy atom. The average Bonchev–Trinajstić information content (AvgIpc) is 2.89. The van der Waals surface area contributed by atoms with E-state index in [1.165, 1.54) is 13.4 Å². The van der Waals surface area contributed by atoms with E-state index in [9.17, 15) is 0 Å². The molecule has 7 nitrogen and oxygen atoms in total. The quantitative estimate of drug-likeness (QED) is 0.872. The van der Waals surface area contributed by atoms with Gasteiger partial charge in [-0.2, -0.15) is 4.98 Å². The van der Waals surface area contributed by atoms with E-state index in [4.69, 9.17) is 15.0 Å². The fourth-order valence-electron chi connectivity index (χ4n) is 1.76. The van der Waals surface area contributed by atoms with Gasteiger partial charge in [0.1, 0.15) is 12.0 Å². The lowest BCUT2D eigenvalue weighted by molar-refractivity contribution is 0.284. The molecule has 2 rings (SSSR count). The Hall–Kier alpha value is -2.02. The fourth-order valence-corrected chi connectivity index (χ4v) is 1.76. The predicted molar refractivity (Wildman–Crippen MR) is 68.3 cm³/mol. The number of aromatic nitrogens is 4. The highest BCUT2D eigenvalue weighted by Gasteiger charge is 2.27. The van der Waals surface area contributed by atoms with Crippen molar-refractivity contribution in [3.8, 4) is 17.4 Å². The molecule has 0 aromatic carbocycles. The van der Waals surface area contributed by atoms with Crippen LogP contribution in [0.2, 0.25) is 0 Å². The van der Waals surface area contributed by atoms with Crippen molar-refractivity contribution in [2.45, 2.75) is 32.2 Å². The molecule has 0 radical (unpaired) electrons. The van der Waals surface area contributed by atoms with Crippen LogP contribution in [-0.4, -0.2) is 27.2 Å². The van der Waals surface area contributed by atoms with Crippen LogP contribution in [-0.2, 0) is 5.54 Å². The second-order valence-corrected chi connectivity index (χ2v) is 4.54. The van der Waals surface area contributed by atoms with E-state index in [0.29, 0.717) is 23.3 Å². The molecule has 0 saturated carbocycles. The molecule has 102 valence electrons. The number of hydrogen-bond donors (Lipinski definition) is 1. The van der Waals surface area contributed by atoms with Crippen molar-refractivity contribution in [2.75, 3.05) is 7.11 Å². The highest BCUT2D eigenvalue weighted by molar-refractivity contribution is 5.49. The number of nitrogens with zero attached hydrogens (tertiary/aromatic N) is 4. The Morgan fingerprint density at radius 2 is 2.21 bits per heavy atom. The Balaban J connectivity index is 2.30. The van der Waals surface area contributed by atoms with Gasteiger partial charge in [0.05, 0.1) is 12.6 Å². The maximum Gasteiger partial charge on any atom is 0.246 e. The molecular weight excluding hydrogens is 246 g/mol. The van der Waals surface area contributed by atoms with Crippen molar-refractivity contribution >= 4 is 0 Å². The van der Waals surface area contributed by atoms with Crippen LogP contribution in [0.1, 0.15) is 32.6 Å². The first-order valence-electron chi connectivity index (χ1n) is 6.06. The highest BCUT2D eigenvalue weighted by atomic mass is 16.5. The molecule has 0 saturated heterocycles. The first-order valence-corrected chi connectivity index (χ1v) is 6.06. The van der Waals surface area contributed by atoms with Gasteiger partial charge in [-0.3, -0.25) is 0 Å². The lowest BCUT2D eigenvalue weighted by Gasteiger charge is -2.18. The smallest absolute Gasteiger partial charge is 0.246 e. The molecule has 2 heterocycles. The monoisotopic (exact) mass is 263 g/mol. The third-order valence-corrected chi connectivity index (χ3v) is 2.76. The minimum atomic E-state index is -0.628. The molecule has 2 N–H and O–H groups in total. The van der Waals surface area contributed by atoms with Gasteiger partial charge in [0, 0.05) is 6.07 Å². The number of rotatable bonds is 5. The Labute approximate surface area is 111 Å². The SMILES string of the molecule is CCCC(C)(N)c1nc(-c2cc(OC)ncn2)no1. The van der Waals surface area contributed by atoms with Gasteiger partial charge in [0.25, 0.3) is 0 Å². The maximum absolute atomic E-state index is 6.14.